The number of nitrogens with one attached hydrogen (secondary N) is 1. The summed E-state index contributed by atoms with van der Waals surface area (Å²) in [5.74, 6) is -3.85. The minimum absolute atomic E-state index is 0.117. The minimum Gasteiger partial charge on any atom is -0.475 e. The van der Waals surface area contributed by atoms with Gasteiger partial charge in [-0.05, 0) is 31.2 Å². The maximum absolute atomic E-state index is 12.4. The minimum atomic E-state index is -5.08. The van der Waals surface area contributed by atoms with E-state index >= 15 is 0 Å². The van der Waals surface area contributed by atoms with Gasteiger partial charge in [-0.15, -0.1) is 0 Å². The Balaban J connectivity index is 0.000000333. The molecule has 218 valence electrons. The predicted octanol–water partition coefficient (Wildman–Crippen LogP) is 3.64. The van der Waals surface area contributed by atoms with E-state index in [1.54, 1.807) is 12.5 Å². The third-order valence-electron chi connectivity index (χ3n) is 5.17. The number of carbonyl (C=O) groups excluding carboxylic acids is 1. The quantitative estimate of drug-likeness (QED) is 0.385. The lowest BCUT2D eigenvalue weighted by Gasteiger charge is -2.32. The van der Waals surface area contributed by atoms with E-state index in [4.69, 9.17) is 24.2 Å². The van der Waals surface area contributed by atoms with Crippen molar-refractivity contribution >= 4 is 17.8 Å². The van der Waals surface area contributed by atoms with Gasteiger partial charge in [0.25, 0.3) is 5.91 Å². The van der Waals surface area contributed by atoms with Crippen LogP contribution in [0.2, 0.25) is 0 Å². The fourth-order valence-corrected chi connectivity index (χ4v) is 3.23. The number of furan rings is 1. The van der Waals surface area contributed by atoms with E-state index < -0.39 is 24.3 Å². The Morgan fingerprint density at radius 1 is 1.02 bits per heavy atom. The van der Waals surface area contributed by atoms with Crippen LogP contribution in [0.15, 0.2) is 53.4 Å². The van der Waals surface area contributed by atoms with Crippen LogP contribution in [0, 0.1) is 0 Å². The molecule has 1 unspecified atom stereocenters. The Morgan fingerprint density at radius 3 is 2.15 bits per heavy atom. The fraction of sp³-hybridized carbons (Fsp3) is 0.348. The van der Waals surface area contributed by atoms with E-state index in [2.05, 4.69) is 31.7 Å². The normalized spacial score (nSPS) is 15.0. The van der Waals surface area contributed by atoms with E-state index in [9.17, 15) is 31.1 Å². The van der Waals surface area contributed by atoms with E-state index in [1.807, 2.05) is 36.5 Å². The zero-order chi connectivity index (χ0) is 30.1. The first kappa shape index (κ1) is 31.8. The van der Waals surface area contributed by atoms with Gasteiger partial charge in [0.1, 0.15) is 17.3 Å². The summed E-state index contributed by atoms with van der Waals surface area (Å²) >= 11 is 0. The van der Waals surface area contributed by atoms with Gasteiger partial charge in [0, 0.05) is 25.5 Å². The van der Waals surface area contributed by atoms with Crippen molar-refractivity contribution in [1.82, 2.24) is 24.8 Å². The molecule has 11 nitrogen and oxygen atoms in total. The molecule has 3 aromatic heterocycles. The highest BCUT2D eigenvalue weighted by atomic mass is 19.4. The molecule has 0 aliphatic carbocycles. The van der Waals surface area contributed by atoms with Gasteiger partial charge in [-0.25, -0.2) is 14.6 Å². The molecule has 0 saturated carbocycles. The van der Waals surface area contributed by atoms with Crippen molar-refractivity contribution in [2.45, 2.75) is 45.0 Å². The highest BCUT2D eigenvalue weighted by Gasteiger charge is 2.39. The second-order valence-corrected chi connectivity index (χ2v) is 8.01. The summed E-state index contributed by atoms with van der Waals surface area (Å²) in [4.78, 5) is 41.3. The van der Waals surface area contributed by atoms with Gasteiger partial charge in [-0.1, -0.05) is 6.07 Å². The van der Waals surface area contributed by atoms with Crippen LogP contribution in [0.3, 0.4) is 0 Å². The number of amides is 1. The first-order valence-electron chi connectivity index (χ1n) is 11.2. The van der Waals surface area contributed by atoms with Crippen molar-refractivity contribution < 1.29 is 55.4 Å². The number of carboxylic acids is 2. The van der Waals surface area contributed by atoms with Crippen molar-refractivity contribution in [2.24, 2.45) is 0 Å². The molecule has 1 aliphatic heterocycles. The van der Waals surface area contributed by atoms with Gasteiger partial charge in [0.05, 0.1) is 31.1 Å². The molecule has 0 radical (unpaired) electrons. The molecule has 1 atom stereocenters. The fourth-order valence-electron chi connectivity index (χ4n) is 3.23. The van der Waals surface area contributed by atoms with Gasteiger partial charge in [-0.2, -0.15) is 26.3 Å². The maximum Gasteiger partial charge on any atom is 0.490 e. The molecule has 0 spiro atoms. The van der Waals surface area contributed by atoms with E-state index in [1.165, 1.54) is 0 Å². The number of aliphatic carboxylic acids is 2. The third-order valence-corrected chi connectivity index (χ3v) is 5.17. The van der Waals surface area contributed by atoms with E-state index in [0.717, 1.165) is 36.9 Å². The molecule has 3 N–H and O–H groups in total. The number of carbonyl (C=O) groups is 3. The average molecular weight is 579 g/mol. The van der Waals surface area contributed by atoms with Crippen molar-refractivity contribution in [3.63, 3.8) is 0 Å². The molecular weight excluding hydrogens is 556 g/mol. The summed E-state index contributed by atoms with van der Waals surface area (Å²) < 4.78 is 71.0. The molecule has 17 heteroatoms. The number of fused-ring (bicyclic) bond motifs is 1. The van der Waals surface area contributed by atoms with Gasteiger partial charge < -0.3 is 24.5 Å². The molecule has 1 aliphatic rings. The molecule has 0 saturated heterocycles. The number of aromatic nitrogens is 3. The van der Waals surface area contributed by atoms with Crippen molar-refractivity contribution in [3.8, 4) is 0 Å². The Bertz CT molecular complexity index is 1240. The number of alkyl halides is 6. The second kappa shape index (κ2) is 13.6. The average Bonchev–Trinajstić information content (AvgIpc) is 3.55. The summed E-state index contributed by atoms with van der Waals surface area (Å²) in [6.45, 7) is 4.93. The predicted molar refractivity (Wildman–Crippen MR) is 123 cm³/mol. The highest BCUT2D eigenvalue weighted by Crippen LogP contribution is 2.26. The summed E-state index contributed by atoms with van der Waals surface area (Å²) in [7, 11) is 0. The zero-order valence-electron chi connectivity index (χ0n) is 20.6. The van der Waals surface area contributed by atoms with Crippen LogP contribution in [-0.4, -0.2) is 66.4 Å². The molecular formula is C23H23F6N5O6. The number of hydrogen-bond acceptors (Lipinski definition) is 7. The van der Waals surface area contributed by atoms with Crippen LogP contribution in [0.25, 0.3) is 0 Å². The lowest BCUT2D eigenvalue weighted by molar-refractivity contribution is -0.193. The SMILES string of the molecule is CC1c2nc(C(=O)NCc3ccccn3)cn2CCN1Cc1ccco1.O=C(O)C(F)(F)F.O=C(O)C(F)(F)F. The lowest BCUT2D eigenvalue weighted by atomic mass is 10.2. The number of hydrogen-bond donors (Lipinski definition) is 3. The Hall–Kier alpha value is -4.41. The molecule has 4 rings (SSSR count). The molecule has 4 heterocycles. The summed E-state index contributed by atoms with van der Waals surface area (Å²) in [6.07, 6.45) is -4.93. The van der Waals surface area contributed by atoms with Gasteiger partial charge in [-0.3, -0.25) is 14.7 Å². The highest BCUT2D eigenvalue weighted by molar-refractivity contribution is 5.92. The third kappa shape index (κ3) is 9.72. The van der Waals surface area contributed by atoms with Crippen LogP contribution in [-0.2, 0) is 29.2 Å². The Kier molecular flexibility index (Phi) is 10.8. The van der Waals surface area contributed by atoms with Crippen LogP contribution in [0.5, 0.6) is 0 Å². The Morgan fingerprint density at radius 2 is 1.65 bits per heavy atom. The monoisotopic (exact) mass is 579 g/mol. The number of pyridine rings is 1. The maximum atomic E-state index is 12.4. The summed E-state index contributed by atoms with van der Waals surface area (Å²) in [5.41, 5.74) is 1.27. The van der Waals surface area contributed by atoms with Gasteiger partial charge >= 0.3 is 24.3 Å². The largest absolute Gasteiger partial charge is 0.490 e. The molecule has 0 fully saturated rings. The van der Waals surface area contributed by atoms with Crippen LogP contribution in [0.1, 0.15) is 40.7 Å². The number of halogens is 6. The molecule has 3 aromatic rings. The molecule has 0 aromatic carbocycles. The summed E-state index contributed by atoms with van der Waals surface area (Å²) in [5, 5.41) is 17.1. The van der Waals surface area contributed by atoms with Crippen LogP contribution >= 0.6 is 0 Å². The molecule has 40 heavy (non-hydrogen) atoms. The van der Waals surface area contributed by atoms with Gasteiger partial charge in [0.2, 0.25) is 0 Å². The molecule has 1 amide bonds. The van der Waals surface area contributed by atoms with Crippen molar-refractivity contribution in [2.75, 3.05) is 6.54 Å². The number of carboxylic acid groups (broad SMARTS) is 2. The lowest BCUT2D eigenvalue weighted by Crippen LogP contribution is -2.36. The molecule has 0 bridgehead atoms. The smallest absolute Gasteiger partial charge is 0.475 e. The second-order valence-electron chi connectivity index (χ2n) is 8.01. The standard InChI is InChI=1S/C19H21N5O2.2C2HF3O2/c1-14-18-22-17(19(25)21-11-15-5-2-3-7-20-15)13-24(18)9-8-23(14)12-16-6-4-10-26-16;2*3-2(4,5)1(6)7/h2-7,10,13-14H,8-9,11-12H2,1H3,(H,21,25);2*(H,6,7). The summed E-state index contributed by atoms with van der Waals surface area (Å²) in [6, 6.07) is 9.63. The van der Waals surface area contributed by atoms with E-state index in [0.29, 0.717) is 12.2 Å². The number of rotatable bonds is 5. The Labute approximate surface area is 222 Å². The zero-order valence-corrected chi connectivity index (χ0v) is 20.6. The van der Waals surface area contributed by atoms with E-state index in [-0.39, 0.29) is 11.9 Å². The topological polar surface area (TPSA) is 151 Å². The van der Waals surface area contributed by atoms with Crippen LogP contribution in [0.4, 0.5) is 26.3 Å². The first-order valence-corrected chi connectivity index (χ1v) is 11.2. The number of nitrogens with zero attached hydrogens (tertiary/aromatic N) is 4. The van der Waals surface area contributed by atoms with Crippen LogP contribution < -0.4 is 5.32 Å². The first-order chi connectivity index (χ1) is 18.6. The van der Waals surface area contributed by atoms with Crippen molar-refractivity contribution in [1.29, 1.82) is 0 Å². The van der Waals surface area contributed by atoms with Gasteiger partial charge in [0.15, 0.2) is 0 Å². The number of imidazole rings is 1. The van der Waals surface area contributed by atoms with Crippen molar-refractivity contribution in [3.05, 3.63) is 72.0 Å².